The van der Waals surface area contributed by atoms with Crippen molar-refractivity contribution in [3.05, 3.63) is 65.6 Å². The van der Waals surface area contributed by atoms with Crippen molar-refractivity contribution >= 4 is 11.9 Å². The first-order chi connectivity index (χ1) is 19.0. The molecule has 0 bridgehead atoms. The Balaban J connectivity index is 0.00000560. The predicted octanol–water partition coefficient (Wildman–Crippen LogP) is 1.19. The molecule has 12 nitrogen and oxygen atoms in total. The zero-order valence-corrected chi connectivity index (χ0v) is 25.4. The van der Waals surface area contributed by atoms with Crippen molar-refractivity contribution in [2.24, 2.45) is 0 Å². The molecule has 0 radical (unpaired) electrons. The van der Waals surface area contributed by atoms with Crippen molar-refractivity contribution in [1.82, 2.24) is 19.8 Å². The minimum absolute atomic E-state index is 0. The van der Waals surface area contributed by atoms with Gasteiger partial charge in [-0.3, -0.25) is 19.6 Å². The molecule has 0 aliphatic carbocycles. The van der Waals surface area contributed by atoms with Crippen LogP contribution >= 0.6 is 0 Å². The third-order valence-electron chi connectivity index (χ3n) is 5.85. The van der Waals surface area contributed by atoms with E-state index in [2.05, 4.69) is 19.8 Å². The molecule has 3 rings (SSSR count). The van der Waals surface area contributed by atoms with E-state index in [0.29, 0.717) is 104 Å². The molecule has 0 amide bonds. The number of rotatable bonds is 7. The van der Waals surface area contributed by atoms with E-state index < -0.39 is 11.9 Å². The number of aliphatic carboxylic acids is 1. The average molecular weight is 729 g/mol. The van der Waals surface area contributed by atoms with Crippen molar-refractivity contribution in [3.8, 4) is 0 Å². The molecule has 0 aromatic carbocycles. The quantitative estimate of drug-likeness (QED) is 0.396. The zero-order chi connectivity index (χ0) is 27.7. The van der Waals surface area contributed by atoms with Gasteiger partial charge in [-0.2, -0.15) is 6.07 Å². The Hall–Kier alpha value is -2.44. The second-order valence-electron chi connectivity index (χ2n) is 8.86. The molecule has 40 heavy (non-hydrogen) atoms. The Morgan fingerprint density at radius 1 is 0.700 bits per heavy atom. The second-order valence-corrected chi connectivity index (χ2v) is 8.86. The Morgan fingerprint density at radius 2 is 1.15 bits per heavy atom. The molecule has 1 saturated heterocycles. The molecule has 220 valence electrons. The summed E-state index contributed by atoms with van der Waals surface area (Å²) in [6, 6.07) is 10.3. The van der Waals surface area contributed by atoms with Crippen LogP contribution in [0, 0.1) is 6.42 Å². The van der Waals surface area contributed by atoms with Gasteiger partial charge in [-0.1, -0.05) is 17.8 Å². The summed E-state index contributed by atoms with van der Waals surface area (Å²) in [6.07, 6.45) is 1.09. The molecule has 2 aromatic rings. The van der Waals surface area contributed by atoms with E-state index in [-0.39, 0.29) is 26.8 Å². The molecule has 0 saturated carbocycles. The van der Waals surface area contributed by atoms with E-state index in [4.69, 9.17) is 24.1 Å². The van der Waals surface area contributed by atoms with Crippen LogP contribution in [-0.2, 0) is 57.9 Å². The van der Waals surface area contributed by atoms with Gasteiger partial charge in [0.05, 0.1) is 58.5 Å². The molecular weight excluding hydrogens is 692 g/mol. The molecule has 0 unspecified atom stereocenters. The van der Waals surface area contributed by atoms with E-state index >= 15 is 0 Å². The molecule has 2 N–H and O–H groups in total. The minimum atomic E-state index is -1.05. The first-order valence-electron chi connectivity index (χ1n) is 13.0. The van der Waals surface area contributed by atoms with Crippen molar-refractivity contribution in [2.45, 2.75) is 13.1 Å². The van der Waals surface area contributed by atoms with Gasteiger partial charge in [-0.05, 0) is 12.1 Å². The zero-order valence-electron chi connectivity index (χ0n) is 22.5. The molecule has 0 spiro atoms. The fraction of sp³-hybridized carbons (Fsp3) is 0.519. The summed E-state index contributed by atoms with van der Waals surface area (Å²) in [4.78, 5) is 35.1. The molecule has 0 atom stereocenters. The Labute approximate surface area is 248 Å². The number of hydrogen-bond donors (Lipinski definition) is 2. The van der Waals surface area contributed by atoms with Gasteiger partial charge in [0.15, 0.2) is 0 Å². The van der Waals surface area contributed by atoms with Gasteiger partial charge in [-0.25, -0.2) is 9.78 Å². The molecule has 1 aliphatic rings. The minimum Gasteiger partial charge on any atom is -0.491 e. The van der Waals surface area contributed by atoms with Crippen molar-refractivity contribution in [2.75, 3.05) is 79.0 Å². The first kappa shape index (κ1) is 33.8. The topological polar surface area (TPSA) is 144 Å². The average Bonchev–Trinajstić information content (AvgIpc) is 2.90. The number of aromatic nitrogens is 2. The summed E-state index contributed by atoms with van der Waals surface area (Å²) < 4.78 is 23.1. The summed E-state index contributed by atoms with van der Waals surface area (Å²) in [5.74, 6) is -2.08. The monoisotopic (exact) mass is 729 g/mol. The molecule has 2 aromatic heterocycles. The Kier molecular flexibility index (Phi) is 16.5. The van der Waals surface area contributed by atoms with Crippen LogP contribution < -0.4 is 0 Å². The number of carboxylic acids is 2. The smallest absolute Gasteiger partial charge is 0.354 e. The summed E-state index contributed by atoms with van der Waals surface area (Å²) >= 11 is 0. The normalized spacial score (nSPS) is 17.6. The molecule has 13 heteroatoms. The number of pyridine rings is 2. The van der Waals surface area contributed by atoms with Crippen molar-refractivity contribution in [1.29, 1.82) is 0 Å². The summed E-state index contributed by atoms with van der Waals surface area (Å²) in [5, 5.41) is 18.2. The van der Waals surface area contributed by atoms with E-state index in [9.17, 15) is 14.7 Å². The van der Waals surface area contributed by atoms with E-state index in [1.165, 1.54) is 6.07 Å². The maximum absolute atomic E-state index is 11.2. The molecular formula is C27H37N4O8W-. The van der Waals surface area contributed by atoms with Gasteiger partial charge in [0, 0.05) is 66.0 Å². The first-order valence-corrected chi connectivity index (χ1v) is 13.0. The number of hydrogen-bond acceptors (Lipinski definition) is 10. The largest absolute Gasteiger partial charge is 0.491 e. The van der Waals surface area contributed by atoms with Gasteiger partial charge in [0.2, 0.25) is 5.97 Å². The van der Waals surface area contributed by atoms with Gasteiger partial charge in [0.25, 0.3) is 0 Å². The SMILES string of the molecule is O=C(O)[CH-]c1cccc(CN2CCOCCOCCN(Cc3cccc(C(=O)O)n3)CCOCCOCC2)n1.[W]. The fourth-order valence-corrected chi connectivity index (χ4v) is 3.90. The van der Waals surface area contributed by atoms with Gasteiger partial charge in [0.1, 0.15) is 5.69 Å². The van der Waals surface area contributed by atoms with Crippen LogP contribution in [0.2, 0.25) is 0 Å². The van der Waals surface area contributed by atoms with Gasteiger partial charge < -0.3 is 29.2 Å². The third kappa shape index (κ3) is 13.8. The maximum atomic E-state index is 11.2. The number of aromatic carboxylic acids is 1. The van der Waals surface area contributed by atoms with Gasteiger partial charge >= 0.3 is 5.97 Å². The van der Waals surface area contributed by atoms with Crippen LogP contribution in [-0.4, -0.2) is 121 Å². The fourth-order valence-electron chi connectivity index (χ4n) is 3.90. The predicted molar refractivity (Wildman–Crippen MR) is 140 cm³/mol. The van der Waals surface area contributed by atoms with Crippen molar-refractivity contribution in [3.63, 3.8) is 0 Å². The second kappa shape index (κ2) is 19.6. The third-order valence-corrected chi connectivity index (χ3v) is 5.85. The summed E-state index contributed by atoms with van der Waals surface area (Å²) in [7, 11) is 0. The van der Waals surface area contributed by atoms with E-state index in [0.717, 1.165) is 12.1 Å². The summed E-state index contributed by atoms with van der Waals surface area (Å²) in [5.41, 5.74) is 1.88. The Bertz CT molecular complexity index is 1010. The van der Waals surface area contributed by atoms with Crippen LogP contribution in [0.4, 0.5) is 0 Å². The van der Waals surface area contributed by atoms with Crippen LogP contribution in [0.25, 0.3) is 0 Å². The van der Waals surface area contributed by atoms with Crippen LogP contribution in [0.3, 0.4) is 0 Å². The van der Waals surface area contributed by atoms with Crippen LogP contribution in [0.1, 0.15) is 27.6 Å². The van der Waals surface area contributed by atoms with Crippen molar-refractivity contribution < 1.29 is 59.8 Å². The summed E-state index contributed by atoms with van der Waals surface area (Å²) in [6.45, 7) is 7.43. The maximum Gasteiger partial charge on any atom is 0.354 e. The number of nitrogens with zero attached hydrogens (tertiary/aromatic N) is 4. The van der Waals surface area contributed by atoms with E-state index in [1.807, 2.05) is 12.1 Å². The standard InChI is InChI=1S/C27H37N4O8.W/c32-26(33)19-22-3-1-4-23(28-22)20-30-7-11-36-15-17-38-13-9-31(10-14-39-18-16-37-12-8-30)21-24-5-2-6-25(29-24)27(34)35;/h1-6,19H,7-18,20-21H2,(H,32,33)(H,34,35);/q-1;. The van der Waals surface area contributed by atoms with E-state index in [1.54, 1.807) is 18.2 Å². The number of ether oxygens (including phenoxy) is 4. The Morgan fingerprint density at radius 3 is 1.60 bits per heavy atom. The molecule has 3 heterocycles. The number of carbonyl (C=O) groups is 2. The van der Waals surface area contributed by atoms with Crippen LogP contribution in [0.5, 0.6) is 0 Å². The number of carboxylic acid groups (broad SMARTS) is 2. The molecule has 1 aliphatic heterocycles. The van der Waals surface area contributed by atoms with Gasteiger partial charge in [-0.15, -0.1) is 12.5 Å². The van der Waals surface area contributed by atoms with Crippen LogP contribution in [0.15, 0.2) is 36.4 Å². The molecule has 1 fully saturated rings.